The van der Waals surface area contributed by atoms with Crippen molar-refractivity contribution in [3.63, 3.8) is 0 Å². The van der Waals surface area contributed by atoms with Gasteiger partial charge in [-0.05, 0) is 45.9 Å². The minimum Gasteiger partial charge on any atom is -0.305 e. The van der Waals surface area contributed by atoms with Gasteiger partial charge in [-0.25, -0.2) is 5.84 Å². The Labute approximate surface area is 104 Å². The van der Waals surface area contributed by atoms with Gasteiger partial charge in [-0.3, -0.25) is 10.2 Å². The molecule has 0 unspecified atom stereocenters. The first-order valence-corrected chi connectivity index (χ1v) is 6.62. The van der Waals surface area contributed by atoms with E-state index in [2.05, 4.69) is 22.3 Å². The molecule has 1 saturated heterocycles. The van der Waals surface area contributed by atoms with Crippen LogP contribution >= 0.6 is 0 Å². The van der Waals surface area contributed by atoms with E-state index in [1.165, 1.54) is 39.0 Å². The number of unbranched alkanes of at least 4 members (excludes halogenated alkanes) is 2. The number of nitrogens with two attached hydrogens (primary N) is 1. The van der Waals surface area contributed by atoms with Crippen molar-refractivity contribution in [3.05, 3.63) is 0 Å². The van der Waals surface area contributed by atoms with Crippen molar-refractivity contribution in [2.24, 2.45) is 5.84 Å². The molecule has 3 N–H and O–H groups in total. The molecule has 17 heavy (non-hydrogen) atoms. The number of amides is 1. The lowest BCUT2D eigenvalue weighted by Gasteiger charge is -2.19. The normalized spacial score (nSPS) is 18.9. The molecule has 0 saturated carbocycles. The van der Waals surface area contributed by atoms with Crippen molar-refractivity contribution in [2.75, 3.05) is 39.8 Å². The van der Waals surface area contributed by atoms with Crippen LogP contribution in [0.1, 0.15) is 32.1 Å². The maximum absolute atomic E-state index is 10.9. The van der Waals surface area contributed by atoms with E-state index in [4.69, 9.17) is 5.84 Å². The predicted molar refractivity (Wildman–Crippen MR) is 69.4 cm³/mol. The standard InChI is InChI=1S/C12H26N4O/c1-15-7-5-9-16(11-10-15)8-4-2-3-6-12(17)14-13/h2-11,13H2,1H3,(H,14,17). The number of nitrogens with zero attached hydrogens (tertiary/aromatic N) is 2. The molecule has 0 aromatic carbocycles. The molecule has 1 fully saturated rings. The SMILES string of the molecule is CN1CCCN(CCCCCC(=O)NN)CC1. The number of hydrogen-bond acceptors (Lipinski definition) is 4. The van der Waals surface area contributed by atoms with E-state index in [0.717, 1.165) is 19.4 Å². The fourth-order valence-corrected chi connectivity index (χ4v) is 2.19. The van der Waals surface area contributed by atoms with Gasteiger partial charge in [-0.2, -0.15) is 0 Å². The molecule has 0 aromatic heterocycles. The Morgan fingerprint density at radius 1 is 1.18 bits per heavy atom. The summed E-state index contributed by atoms with van der Waals surface area (Å²) in [5, 5.41) is 0. The van der Waals surface area contributed by atoms with E-state index in [0.29, 0.717) is 6.42 Å². The summed E-state index contributed by atoms with van der Waals surface area (Å²) in [7, 11) is 2.19. The number of nitrogens with one attached hydrogen (secondary N) is 1. The molecule has 0 radical (unpaired) electrons. The molecular formula is C12H26N4O. The van der Waals surface area contributed by atoms with Crippen molar-refractivity contribution in [1.82, 2.24) is 15.2 Å². The van der Waals surface area contributed by atoms with Gasteiger partial charge < -0.3 is 9.80 Å². The maximum atomic E-state index is 10.9. The smallest absolute Gasteiger partial charge is 0.233 e. The Kier molecular flexibility index (Phi) is 7.16. The fraction of sp³-hybridized carbons (Fsp3) is 0.917. The van der Waals surface area contributed by atoms with Gasteiger partial charge in [-0.15, -0.1) is 0 Å². The van der Waals surface area contributed by atoms with E-state index < -0.39 is 0 Å². The number of carbonyl (C=O) groups is 1. The second-order valence-corrected chi connectivity index (χ2v) is 4.88. The van der Waals surface area contributed by atoms with Crippen LogP contribution in [0.3, 0.4) is 0 Å². The van der Waals surface area contributed by atoms with E-state index >= 15 is 0 Å². The first kappa shape index (κ1) is 14.4. The third-order valence-electron chi connectivity index (χ3n) is 3.35. The fourth-order valence-electron chi connectivity index (χ4n) is 2.19. The number of rotatable bonds is 6. The van der Waals surface area contributed by atoms with E-state index in [9.17, 15) is 4.79 Å². The second-order valence-electron chi connectivity index (χ2n) is 4.88. The zero-order chi connectivity index (χ0) is 12.5. The first-order chi connectivity index (χ1) is 8.22. The molecule has 0 spiro atoms. The molecule has 100 valence electrons. The van der Waals surface area contributed by atoms with Crippen LogP contribution in [0.2, 0.25) is 0 Å². The molecule has 1 rings (SSSR count). The molecule has 5 heteroatoms. The summed E-state index contributed by atoms with van der Waals surface area (Å²) < 4.78 is 0. The van der Waals surface area contributed by atoms with Gasteiger partial charge >= 0.3 is 0 Å². The van der Waals surface area contributed by atoms with Gasteiger partial charge in [0.05, 0.1) is 0 Å². The second kappa shape index (κ2) is 8.44. The molecule has 0 bridgehead atoms. The first-order valence-electron chi connectivity index (χ1n) is 6.62. The van der Waals surface area contributed by atoms with Crippen molar-refractivity contribution < 1.29 is 4.79 Å². The summed E-state index contributed by atoms with van der Waals surface area (Å²) in [6, 6.07) is 0. The monoisotopic (exact) mass is 242 g/mol. The molecular weight excluding hydrogens is 216 g/mol. The zero-order valence-corrected chi connectivity index (χ0v) is 11.0. The van der Waals surface area contributed by atoms with Crippen LogP contribution in [0, 0.1) is 0 Å². The molecule has 1 heterocycles. The van der Waals surface area contributed by atoms with Gasteiger partial charge in [0.15, 0.2) is 0 Å². The summed E-state index contributed by atoms with van der Waals surface area (Å²) in [4.78, 5) is 15.8. The average molecular weight is 242 g/mol. The molecule has 5 nitrogen and oxygen atoms in total. The van der Waals surface area contributed by atoms with Crippen molar-refractivity contribution in [3.8, 4) is 0 Å². The van der Waals surface area contributed by atoms with Crippen molar-refractivity contribution in [2.45, 2.75) is 32.1 Å². The van der Waals surface area contributed by atoms with Gasteiger partial charge in [-0.1, -0.05) is 6.42 Å². The Morgan fingerprint density at radius 3 is 2.76 bits per heavy atom. The number of carbonyl (C=O) groups excluding carboxylic acids is 1. The highest BCUT2D eigenvalue weighted by Crippen LogP contribution is 2.05. The van der Waals surface area contributed by atoms with Crippen molar-refractivity contribution in [1.29, 1.82) is 0 Å². The highest BCUT2D eigenvalue weighted by molar-refractivity contribution is 5.74. The summed E-state index contributed by atoms with van der Waals surface area (Å²) in [6.07, 6.45) is 5.06. The summed E-state index contributed by atoms with van der Waals surface area (Å²) in [5.41, 5.74) is 2.16. The Hall–Kier alpha value is -0.650. The van der Waals surface area contributed by atoms with Crippen LogP contribution in [0.4, 0.5) is 0 Å². The minimum absolute atomic E-state index is 0.0543. The van der Waals surface area contributed by atoms with Crippen LogP contribution < -0.4 is 11.3 Å². The topological polar surface area (TPSA) is 61.6 Å². The van der Waals surface area contributed by atoms with Gasteiger partial charge in [0.25, 0.3) is 0 Å². The average Bonchev–Trinajstić information content (AvgIpc) is 2.53. The predicted octanol–water partition coefficient (Wildman–Crippen LogP) is 0.174. The largest absolute Gasteiger partial charge is 0.305 e. The lowest BCUT2D eigenvalue weighted by atomic mass is 10.2. The third-order valence-corrected chi connectivity index (χ3v) is 3.35. The lowest BCUT2D eigenvalue weighted by Crippen LogP contribution is -2.30. The number of hydrogen-bond donors (Lipinski definition) is 2. The van der Waals surface area contributed by atoms with Crippen LogP contribution in [0.15, 0.2) is 0 Å². The van der Waals surface area contributed by atoms with Crippen LogP contribution in [0.25, 0.3) is 0 Å². The molecule has 0 aliphatic carbocycles. The summed E-state index contributed by atoms with van der Waals surface area (Å²) >= 11 is 0. The molecule has 1 aliphatic heterocycles. The molecule has 0 aromatic rings. The van der Waals surface area contributed by atoms with Gasteiger partial charge in [0.2, 0.25) is 5.91 Å². The molecule has 1 aliphatic rings. The van der Waals surface area contributed by atoms with E-state index in [1.807, 2.05) is 0 Å². The lowest BCUT2D eigenvalue weighted by molar-refractivity contribution is -0.121. The van der Waals surface area contributed by atoms with Crippen molar-refractivity contribution >= 4 is 5.91 Å². The van der Waals surface area contributed by atoms with E-state index in [-0.39, 0.29) is 5.91 Å². The van der Waals surface area contributed by atoms with E-state index in [1.54, 1.807) is 0 Å². The quantitative estimate of drug-likeness (QED) is 0.302. The van der Waals surface area contributed by atoms with Crippen LogP contribution in [-0.4, -0.2) is 55.5 Å². The zero-order valence-electron chi connectivity index (χ0n) is 11.0. The van der Waals surface area contributed by atoms with Gasteiger partial charge in [0, 0.05) is 19.5 Å². The van der Waals surface area contributed by atoms with Crippen LogP contribution in [0.5, 0.6) is 0 Å². The third kappa shape index (κ3) is 6.61. The Bertz CT molecular complexity index is 223. The number of likely N-dealkylation sites (N-methyl/N-ethyl adjacent to an activating group) is 1. The Morgan fingerprint density at radius 2 is 2.00 bits per heavy atom. The maximum Gasteiger partial charge on any atom is 0.233 e. The Balaban J connectivity index is 2.00. The van der Waals surface area contributed by atoms with Crippen LogP contribution in [-0.2, 0) is 4.79 Å². The van der Waals surface area contributed by atoms with Gasteiger partial charge in [0.1, 0.15) is 0 Å². The number of hydrazine groups is 1. The molecule has 1 amide bonds. The highest BCUT2D eigenvalue weighted by Gasteiger charge is 2.11. The summed E-state index contributed by atoms with van der Waals surface area (Å²) in [5.74, 6) is 4.97. The molecule has 0 atom stereocenters. The highest BCUT2D eigenvalue weighted by atomic mass is 16.2. The minimum atomic E-state index is -0.0543. The summed E-state index contributed by atoms with van der Waals surface area (Å²) in [6.45, 7) is 5.95.